The molecule has 1 aromatic carbocycles. The van der Waals surface area contributed by atoms with E-state index in [2.05, 4.69) is 21.2 Å². The molecule has 0 saturated heterocycles. The fourth-order valence-electron chi connectivity index (χ4n) is 1.32. The SMILES string of the molecule is Cc1ccc(OCC(O)CNCCO)c(Br)c1. The molecule has 0 aliphatic carbocycles. The van der Waals surface area contributed by atoms with Crippen LogP contribution < -0.4 is 10.1 Å². The van der Waals surface area contributed by atoms with E-state index in [9.17, 15) is 5.11 Å². The molecule has 0 amide bonds. The monoisotopic (exact) mass is 303 g/mol. The molecule has 0 aromatic heterocycles. The summed E-state index contributed by atoms with van der Waals surface area (Å²) in [7, 11) is 0. The van der Waals surface area contributed by atoms with E-state index in [1.54, 1.807) is 0 Å². The summed E-state index contributed by atoms with van der Waals surface area (Å²) in [6.45, 7) is 3.18. The molecule has 0 aliphatic heterocycles. The van der Waals surface area contributed by atoms with Crippen molar-refractivity contribution < 1.29 is 14.9 Å². The van der Waals surface area contributed by atoms with Gasteiger partial charge in [-0.25, -0.2) is 0 Å². The molecule has 0 heterocycles. The lowest BCUT2D eigenvalue weighted by molar-refractivity contribution is 0.105. The van der Waals surface area contributed by atoms with Gasteiger partial charge in [0.1, 0.15) is 18.5 Å². The van der Waals surface area contributed by atoms with Crippen molar-refractivity contribution in [2.75, 3.05) is 26.3 Å². The number of benzene rings is 1. The van der Waals surface area contributed by atoms with E-state index < -0.39 is 6.10 Å². The number of ether oxygens (including phenoxy) is 1. The Labute approximate surface area is 110 Å². The Morgan fingerprint density at radius 1 is 1.47 bits per heavy atom. The maximum atomic E-state index is 9.60. The lowest BCUT2D eigenvalue weighted by atomic mass is 10.2. The number of rotatable bonds is 7. The van der Waals surface area contributed by atoms with Crippen molar-refractivity contribution in [3.05, 3.63) is 28.2 Å². The minimum Gasteiger partial charge on any atom is -0.490 e. The van der Waals surface area contributed by atoms with Crippen molar-refractivity contribution in [1.29, 1.82) is 0 Å². The molecule has 0 saturated carbocycles. The highest BCUT2D eigenvalue weighted by Gasteiger charge is 2.06. The Morgan fingerprint density at radius 3 is 2.88 bits per heavy atom. The van der Waals surface area contributed by atoms with E-state index in [0.29, 0.717) is 13.1 Å². The molecule has 0 radical (unpaired) electrons. The van der Waals surface area contributed by atoms with Gasteiger partial charge in [0, 0.05) is 13.1 Å². The number of hydrogen-bond donors (Lipinski definition) is 3. The van der Waals surface area contributed by atoms with Gasteiger partial charge in [0.05, 0.1) is 11.1 Å². The fraction of sp³-hybridized carbons (Fsp3) is 0.500. The third kappa shape index (κ3) is 5.50. The molecule has 0 spiro atoms. The minimum absolute atomic E-state index is 0.0666. The Balaban J connectivity index is 2.34. The van der Waals surface area contributed by atoms with Crippen molar-refractivity contribution in [3.63, 3.8) is 0 Å². The maximum absolute atomic E-state index is 9.60. The zero-order valence-corrected chi connectivity index (χ0v) is 11.4. The van der Waals surface area contributed by atoms with Crippen LogP contribution in [0.15, 0.2) is 22.7 Å². The third-order valence-corrected chi connectivity index (χ3v) is 2.81. The van der Waals surface area contributed by atoms with Crippen LogP contribution in [0, 0.1) is 6.92 Å². The largest absolute Gasteiger partial charge is 0.490 e. The van der Waals surface area contributed by atoms with Crippen LogP contribution in [-0.4, -0.2) is 42.6 Å². The summed E-state index contributed by atoms with van der Waals surface area (Å²) in [6, 6.07) is 5.79. The molecule has 0 fully saturated rings. The highest BCUT2D eigenvalue weighted by molar-refractivity contribution is 9.10. The average molecular weight is 304 g/mol. The summed E-state index contributed by atoms with van der Waals surface area (Å²) in [6.07, 6.45) is -0.588. The Kier molecular flexibility index (Phi) is 6.50. The first kappa shape index (κ1) is 14.4. The molecular weight excluding hydrogens is 286 g/mol. The van der Waals surface area contributed by atoms with E-state index in [1.807, 2.05) is 25.1 Å². The first-order valence-electron chi connectivity index (χ1n) is 5.52. The summed E-state index contributed by atoms with van der Waals surface area (Å²) in [5, 5.41) is 21.1. The highest BCUT2D eigenvalue weighted by atomic mass is 79.9. The molecular formula is C12H18BrNO3. The third-order valence-electron chi connectivity index (χ3n) is 2.19. The molecule has 3 N–H and O–H groups in total. The predicted molar refractivity (Wildman–Crippen MR) is 70.3 cm³/mol. The van der Waals surface area contributed by atoms with Crippen molar-refractivity contribution in [3.8, 4) is 5.75 Å². The topological polar surface area (TPSA) is 61.7 Å². The number of aliphatic hydroxyl groups is 2. The predicted octanol–water partition coefficient (Wildman–Crippen LogP) is 1.08. The van der Waals surface area contributed by atoms with Gasteiger partial charge in [-0.1, -0.05) is 6.07 Å². The lowest BCUT2D eigenvalue weighted by Gasteiger charge is -2.14. The minimum atomic E-state index is -0.588. The lowest BCUT2D eigenvalue weighted by Crippen LogP contribution is -2.32. The number of nitrogens with one attached hydrogen (secondary N) is 1. The number of aryl methyl sites for hydroxylation is 1. The average Bonchev–Trinajstić information content (AvgIpc) is 2.28. The smallest absolute Gasteiger partial charge is 0.133 e. The molecule has 1 atom stereocenters. The molecule has 17 heavy (non-hydrogen) atoms. The van der Waals surface area contributed by atoms with Crippen LogP contribution in [0.25, 0.3) is 0 Å². The number of aliphatic hydroxyl groups excluding tert-OH is 2. The Hall–Kier alpha value is -0.620. The van der Waals surface area contributed by atoms with Crippen LogP contribution >= 0.6 is 15.9 Å². The molecule has 1 aromatic rings. The van der Waals surface area contributed by atoms with E-state index in [0.717, 1.165) is 15.8 Å². The van der Waals surface area contributed by atoms with Crippen LogP contribution in [-0.2, 0) is 0 Å². The summed E-state index contributed by atoms with van der Waals surface area (Å²) < 4.78 is 6.37. The van der Waals surface area contributed by atoms with Crippen molar-refractivity contribution in [2.45, 2.75) is 13.0 Å². The van der Waals surface area contributed by atoms with Gasteiger partial charge in [0.15, 0.2) is 0 Å². The van der Waals surface area contributed by atoms with Gasteiger partial charge >= 0.3 is 0 Å². The molecule has 4 nitrogen and oxygen atoms in total. The Morgan fingerprint density at radius 2 is 2.24 bits per heavy atom. The second kappa shape index (κ2) is 7.66. The van der Waals surface area contributed by atoms with Crippen molar-refractivity contribution >= 4 is 15.9 Å². The van der Waals surface area contributed by atoms with Gasteiger partial charge in [-0.15, -0.1) is 0 Å². The van der Waals surface area contributed by atoms with Crippen molar-refractivity contribution in [1.82, 2.24) is 5.32 Å². The number of hydrogen-bond acceptors (Lipinski definition) is 4. The summed E-state index contributed by atoms with van der Waals surface area (Å²) in [5.41, 5.74) is 1.15. The van der Waals surface area contributed by atoms with Crippen LogP contribution in [0.1, 0.15) is 5.56 Å². The molecule has 0 aliphatic rings. The summed E-state index contributed by atoms with van der Waals surface area (Å²) in [4.78, 5) is 0. The van der Waals surface area contributed by atoms with Crippen LogP contribution in [0.3, 0.4) is 0 Å². The van der Waals surface area contributed by atoms with E-state index in [-0.39, 0.29) is 13.2 Å². The number of halogens is 1. The first-order chi connectivity index (χ1) is 8.13. The highest BCUT2D eigenvalue weighted by Crippen LogP contribution is 2.25. The van der Waals surface area contributed by atoms with Gasteiger partial charge in [-0.2, -0.15) is 0 Å². The molecule has 0 bridgehead atoms. The standard InChI is InChI=1S/C12H18BrNO3/c1-9-2-3-12(11(13)6-9)17-8-10(16)7-14-4-5-15/h2-3,6,10,14-16H,4-5,7-8H2,1H3. The van der Waals surface area contributed by atoms with Gasteiger partial charge in [0.2, 0.25) is 0 Å². The van der Waals surface area contributed by atoms with E-state index >= 15 is 0 Å². The van der Waals surface area contributed by atoms with Crippen LogP contribution in [0.5, 0.6) is 5.75 Å². The quantitative estimate of drug-likeness (QED) is 0.660. The molecule has 5 heteroatoms. The zero-order valence-electron chi connectivity index (χ0n) is 9.82. The second-order valence-electron chi connectivity index (χ2n) is 3.83. The molecule has 96 valence electrons. The van der Waals surface area contributed by atoms with Crippen LogP contribution in [0.2, 0.25) is 0 Å². The zero-order chi connectivity index (χ0) is 12.7. The van der Waals surface area contributed by atoms with Crippen molar-refractivity contribution in [2.24, 2.45) is 0 Å². The normalized spacial score (nSPS) is 12.5. The van der Waals surface area contributed by atoms with Gasteiger partial charge < -0.3 is 20.3 Å². The molecule has 1 rings (SSSR count). The first-order valence-corrected chi connectivity index (χ1v) is 6.31. The van der Waals surface area contributed by atoms with Gasteiger partial charge in [0.25, 0.3) is 0 Å². The van der Waals surface area contributed by atoms with E-state index in [1.165, 1.54) is 0 Å². The summed E-state index contributed by atoms with van der Waals surface area (Å²) >= 11 is 3.41. The Bertz CT molecular complexity index is 347. The van der Waals surface area contributed by atoms with E-state index in [4.69, 9.17) is 9.84 Å². The van der Waals surface area contributed by atoms with Gasteiger partial charge in [-0.05, 0) is 40.5 Å². The van der Waals surface area contributed by atoms with Gasteiger partial charge in [-0.3, -0.25) is 0 Å². The van der Waals surface area contributed by atoms with Crippen LogP contribution in [0.4, 0.5) is 0 Å². The maximum Gasteiger partial charge on any atom is 0.133 e. The second-order valence-corrected chi connectivity index (χ2v) is 4.68. The fourth-order valence-corrected chi connectivity index (χ4v) is 1.92. The summed E-state index contributed by atoms with van der Waals surface area (Å²) in [5.74, 6) is 0.719. The molecule has 1 unspecified atom stereocenters.